The van der Waals surface area contributed by atoms with Gasteiger partial charge in [-0.25, -0.2) is 0 Å². The maximum Gasteiger partial charge on any atom is 0.232 e. The van der Waals surface area contributed by atoms with E-state index in [1.54, 1.807) is 0 Å². The van der Waals surface area contributed by atoms with Gasteiger partial charge in [0, 0.05) is 26.2 Å². The molecule has 0 aromatic rings. The number of nitrogens with one attached hydrogen (secondary N) is 1. The summed E-state index contributed by atoms with van der Waals surface area (Å²) in [4.78, 5) is 14.9. The van der Waals surface area contributed by atoms with Crippen LogP contribution < -0.4 is 5.32 Å². The van der Waals surface area contributed by atoms with Gasteiger partial charge in [-0.1, -0.05) is 13.8 Å². The number of rotatable bonds is 1. The van der Waals surface area contributed by atoms with Gasteiger partial charge in [0.15, 0.2) is 0 Å². The van der Waals surface area contributed by atoms with Crippen LogP contribution in [0.2, 0.25) is 0 Å². The lowest BCUT2D eigenvalue weighted by molar-refractivity contribution is -0.155. The zero-order valence-corrected chi connectivity index (χ0v) is 11.4. The first-order valence-electron chi connectivity index (χ1n) is 7.18. The van der Waals surface area contributed by atoms with E-state index in [-0.39, 0.29) is 11.3 Å². The quantitative estimate of drug-likeness (QED) is 0.719. The molecule has 2 aliphatic carbocycles. The fourth-order valence-corrected chi connectivity index (χ4v) is 4.60. The van der Waals surface area contributed by atoms with Crippen molar-refractivity contribution in [1.29, 1.82) is 0 Å². The number of nitrogens with zero attached hydrogens (tertiary/aromatic N) is 1. The Morgan fingerprint density at radius 3 is 2.50 bits per heavy atom. The summed E-state index contributed by atoms with van der Waals surface area (Å²) in [5, 5.41) is 13.7. The first kappa shape index (κ1) is 12.4. The molecule has 0 aromatic heterocycles. The standard InChI is InChI=1S/C14H24N2O2/c1-13(2)10-3-4-14(13,11(17)9-10)12(18)16-7-5-15-6-8-16/h10-11,15,17H,3-9H2,1-2H3/t10-,11-,14+/m0/s1. The second kappa shape index (κ2) is 3.94. The van der Waals surface area contributed by atoms with Gasteiger partial charge in [-0.15, -0.1) is 0 Å². The Kier molecular flexibility index (Phi) is 2.72. The molecule has 0 radical (unpaired) electrons. The number of aliphatic hydroxyl groups excluding tert-OH is 1. The van der Waals surface area contributed by atoms with Crippen LogP contribution in [0.5, 0.6) is 0 Å². The van der Waals surface area contributed by atoms with Crippen molar-refractivity contribution in [2.45, 2.75) is 39.2 Å². The van der Waals surface area contributed by atoms with Crippen LogP contribution in [0.1, 0.15) is 33.1 Å². The third kappa shape index (κ3) is 1.36. The van der Waals surface area contributed by atoms with Crippen LogP contribution in [0, 0.1) is 16.7 Å². The van der Waals surface area contributed by atoms with Crippen LogP contribution in [0.15, 0.2) is 0 Å². The molecule has 3 aliphatic rings. The molecule has 1 heterocycles. The molecule has 2 bridgehead atoms. The van der Waals surface area contributed by atoms with E-state index < -0.39 is 11.5 Å². The second-order valence-electron chi connectivity index (χ2n) is 6.72. The fourth-order valence-electron chi connectivity index (χ4n) is 4.60. The van der Waals surface area contributed by atoms with Crippen LogP contribution in [0.4, 0.5) is 0 Å². The van der Waals surface area contributed by atoms with Gasteiger partial charge in [0.05, 0.1) is 11.5 Å². The summed E-state index contributed by atoms with van der Waals surface area (Å²) in [7, 11) is 0. The Morgan fingerprint density at radius 1 is 1.33 bits per heavy atom. The molecule has 3 rings (SSSR count). The van der Waals surface area contributed by atoms with Crippen molar-refractivity contribution < 1.29 is 9.90 Å². The number of aliphatic hydroxyl groups is 1. The maximum atomic E-state index is 12.9. The number of fused-ring (bicyclic) bond motifs is 2. The van der Waals surface area contributed by atoms with E-state index in [1.807, 2.05) is 4.90 Å². The van der Waals surface area contributed by atoms with Crippen LogP contribution in [0.3, 0.4) is 0 Å². The number of piperazine rings is 1. The summed E-state index contributed by atoms with van der Waals surface area (Å²) in [6.07, 6.45) is 2.34. The molecule has 0 spiro atoms. The highest BCUT2D eigenvalue weighted by Gasteiger charge is 2.68. The number of amides is 1. The molecule has 0 unspecified atom stereocenters. The van der Waals surface area contributed by atoms with Crippen LogP contribution in [0.25, 0.3) is 0 Å². The smallest absolute Gasteiger partial charge is 0.232 e. The highest BCUT2D eigenvalue weighted by Crippen LogP contribution is 2.66. The van der Waals surface area contributed by atoms with Crippen molar-refractivity contribution in [2.24, 2.45) is 16.7 Å². The van der Waals surface area contributed by atoms with Crippen molar-refractivity contribution >= 4 is 5.91 Å². The Labute approximate surface area is 109 Å². The number of carbonyl (C=O) groups is 1. The van der Waals surface area contributed by atoms with E-state index in [0.29, 0.717) is 5.92 Å². The Bertz CT molecular complexity index is 363. The van der Waals surface area contributed by atoms with Crippen LogP contribution in [-0.4, -0.2) is 48.2 Å². The van der Waals surface area contributed by atoms with E-state index in [1.165, 1.54) is 0 Å². The van der Waals surface area contributed by atoms with Gasteiger partial charge in [-0.05, 0) is 30.6 Å². The topological polar surface area (TPSA) is 52.6 Å². The molecular weight excluding hydrogens is 228 g/mol. The van der Waals surface area contributed by atoms with Gasteiger partial charge in [0.25, 0.3) is 0 Å². The lowest BCUT2D eigenvalue weighted by Gasteiger charge is -2.43. The second-order valence-corrected chi connectivity index (χ2v) is 6.72. The molecule has 3 fully saturated rings. The van der Waals surface area contributed by atoms with Gasteiger partial charge >= 0.3 is 0 Å². The molecule has 3 atom stereocenters. The summed E-state index contributed by atoms with van der Waals surface area (Å²) < 4.78 is 0. The number of hydrogen-bond donors (Lipinski definition) is 2. The molecule has 2 N–H and O–H groups in total. The molecule has 102 valence electrons. The summed E-state index contributed by atoms with van der Waals surface area (Å²) in [6, 6.07) is 0. The average Bonchev–Trinajstić information content (AvgIpc) is 2.73. The van der Waals surface area contributed by atoms with Crippen molar-refractivity contribution in [3.8, 4) is 0 Å². The highest BCUT2D eigenvalue weighted by molar-refractivity contribution is 5.85. The maximum absolute atomic E-state index is 12.9. The molecule has 1 aliphatic heterocycles. The Balaban J connectivity index is 1.91. The predicted octanol–water partition coefficient (Wildman–Crippen LogP) is 0.605. The number of hydrogen-bond acceptors (Lipinski definition) is 3. The molecule has 4 heteroatoms. The Hall–Kier alpha value is -0.610. The van der Waals surface area contributed by atoms with Crippen LogP contribution >= 0.6 is 0 Å². The summed E-state index contributed by atoms with van der Waals surface area (Å²) in [5.41, 5.74) is -0.552. The fraction of sp³-hybridized carbons (Fsp3) is 0.929. The molecule has 4 nitrogen and oxygen atoms in total. The van der Waals surface area contributed by atoms with Crippen LogP contribution in [-0.2, 0) is 4.79 Å². The molecular formula is C14H24N2O2. The van der Waals surface area contributed by atoms with E-state index in [9.17, 15) is 9.90 Å². The Morgan fingerprint density at radius 2 is 2.00 bits per heavy atom. The molecule has 1 amide bonds. The summed E-state index contributed by atoms with van der Waals surface area (Å²) in [6.45, 7) is 7.69. The van der Waals surface area contributed by atoms with E-state index in [4.69, 9.17) is 0 Å². The first-order chi connectivity index (χ1) is 8.50. The molecule has 2 saturated carbocycles. The molecule has 18 heavy (non-hydrogen) atoms. The van der Waals surface area contributed by atoms with E-state index in [0.717, 1.165) is 45.4 Å². The third-order valence-electron chi connectivity index (χ3n) is 5.92. The van der Waals surface area contributed by atoms with Crippen molar-refractivity contribution in [3.05, 3.63) is 0 Å². The van der Waals surface area contributed by atoms with Gasteiger partial charge in [0.1, 0.15) is 0 Å². The van der Waals surface area contributed by atoms with E-state index >= 15 is 0 Å². The lowest BCUT2D eigenvalue weighted by Crippen LogP contribution is -2.57. The first-order valence-corrected chi connectivity index (χ1v) is 7.18. The van der Waals surface area contributed by atoms with Gasteiger partial charge < -0.3 is 15.3 Å². The van der Waals surface area contributed by atoms with Crippen molar-refractivity contribution in [3.63, 3.8) is 0 Å². The minimum atomic E-state index is -0.505. The monoisotopic (exact) mass is 252 g/mol. The zero-order chi connectivity index (χ0) is 13.0. The van der Waals surface area contributed by atoms with Gasteiger partial charge in [0.2, 0.25) is 5.91 Å². The zero-order valence-electron chi connectivity index (χ0n) is 11.4. The minimum Gasteiger partial charge on any atom is -0.392 e. The summed E-state index contributed by atoms with van der Waals surface area (Å²) in [5.74, 6) is 0.723. The van der Waals surface area contributed by atoms with Crippen molar-refractivity contribution in [1.82, 2.24) is 10.2 Å². The van der Waals surface area contributed by atoms with Gasteiger partial charge in [-0.3, -0.25) is 4.79 Å². The van der Waals surface area contributed by atoms with E-state index in [2.05, 4.69) is 19.2 Å². The highest BCUT2D eigenvalue weighted by atomic mass is 16.3. The van der Waals surface area contributed by atoms with Crippen molar-refractivity contribution in [2.75, 3.05) is 26.2 Å². The normalized spacial score (nSPS) is 42.3. The SMILES string of the molecule is CC1(C)[C@H]2CC[C@]1(C(=O)N1CCNCC1)[C@@H](O)C2. The third-order valence-corrected chi connectivity index (χ3v) is 5.92. The van der Waals surface area contributed by atoms with Gasteiger partial charge in [-0.2, -0.15) is 0 Å². The predicted molar refractivity (Wildman–Crippen MR) is 69.0 cm³/mol. The average molecular weight is 252 g/mol. The molecule has 0 aromatic carbocycles. The lowest BCUT2D eigenvalue weighted by atomic mass is 9.67. The number of carbonyl (C=O) groups excluding carboxylic acids is 1. The largest absolute Gasteiger partial charge is 0.392 e. The minimum absolute atomic E-state index is 0.0472. The summed E-state index contributed by atoms with van der Waals surface area (Å²) >= 11 is 0. The molecule has 1 saturated heterocycles.